The number of carbonyl (C=O) groups excluding carboxylic acids is 1. The molecule has 1 aromatic rings. The minimum atomic E-state index is 0.0689. The Balaban J connectivity index is 1.63. The standard InChI is InChI=1S/C13H16N2O/c1-8-2-4-9(5-3-8)13(16)15-12-10-6-14-7-11(10)12/h2-5,10-12,14H,6-7H2,1H3,(H,15,16)/t10-,11+,12?. The van der Waals surface area contributed by atoms with Gasteiger partial charge in [-0.1, -0.05) is 17.7 Å². The minimum absolute atomic E-state index is 0.0689. The van der Waals surface area contributed by atoms with Crippen molar-refractivity contribution in [2.75, 3.05) is 13.1 Å². The van der Waals surface area contributed by atoms with Crippen molar-refractivity contribution in [3.8, 4) is 0 Å². The van der Waals surface area contributed by atoms with Crippen LogP contribution in [0.1, 0.15) is 15.9 Å². The zero-order valence-corrected chi connectivity index (χ0v) is 9.36. The number of fused-ring (bicyclic) bond motifs is 1. The zero-order valence-electron chi connectivity index (χ0n) is 9.36. The minimum Gasteiger partial charge on any atom is -0.349 e. The van der Waals surface area contributed by atoms with E-state index in [-0.39, 0.29) is 5.91 Å². The largest absolute Gasteiger partial charge is 0.349 e. The topological polar surface area (TPSA) is 41.1 Å². The highest BCUT2D eigenvalue weighted by molar-refractivity contribution is 5.94. The van der Waals surface area contributed by atoms with Gasteiger partial charge in [-0.05, 0) is 30.9 Å². The van der Waals surface area contributed by atoms with E-state index in [0.717, 1.165) is 18.7 Å². The molecular weight excluding hydrogens is 200 g/mol. The molecule has 0 bridgehead atoms. The molecule has 1 aliphatic carbocycles. The lowest BCUT2D eigenvalue weighted by Gasteiger charge is -2.07. The molecular formula is C13H16N2O. The van der Waals surface area contributed by atoms with Crippen LogP contribution in [0.4, 0.5) is 0 Å². The van der Waals surface area contributed by atoms with E-state index in [4.69, 9.17) is 0 Å². The first kappa shape index (κ1) is 9.85. The van der Waals surface area contributed by atoms with Gasteiger partial charge in [-0.2, -0.15) is 0 Å². The first-order valence-electron chi connectivity index (χ1n) is 5.84. The highest BCUT2D eigenvalue weighted by atomic mass is 16.1. The second-order valence-electron chi connectivity index (χ2n) is 4.85. The average Bonchev–Trinajstić information content (AvgIpc) is 2.75. The predicted molar refractivity (Wildman–Crippen MR) is 62.3 cm³/mol. The van der Waals surface area contributed by atoms with E-state index < -0.39 is 0 Å². The van der Waals surface area contributed by atoms with Crippen molar-refractivity contribution >= 4 is 5.91 Å². The zero-order chi connectivity index (χ0) is 11.1. The molecule has 1 unspecified atom stereocenters. The number of rotatable bonds is 2. The van der Waals surface area contributed by atoms with Gasteiger partial charge in [0.1, 0.15) is 0 Å². The lowest BCUT2D eigenvalue weighted by Crippen LogP contribution is -2.32. The maximum Gasteiger partial charge on any atom is 0.251 e. The molecule has 1 saturated carbocycles. The lowest BCUT2D eigenvalue weighted by atomic mass is 10.1. The van der Waals surface area contributed by atoms with Crippen LogP contribution in [0.2, 0.25) is 0 Å². The first-order valence-corrected chi connectivity index (χ1v) is 5.84. The van der Waals surface area contributed by atoms with E-state index >= 15 is 0 Å². The van der Waals surface area contributed by atoms with Crippen LogP contribution in [0.3, 0.4) is 0 Å². The molecule has 3 heteroatoms. The van der Waals surface area contributed by atoms with Gasteiger partial charge in [-0.3, -0.25) is 4.79 Å². The van der Waals surface area contributed by atoms with Gasteiger partial charge in [0, 0.05) is 24.7 Å². The third kappa shape index (κ3) is 1.61. The number of nitrogens with one attached hydrogen (secondary N) is 2. The fourth-order valence-electron chi connectivity index (χ4n) is 2.57. The second kappa shape index (κ2) is 3.59. The van der Waals surface area contributed by atoms with Gasteiger partial charge in [0.2, 0.25) is 0 Å². The number of carbonyl (C=O) groups is 1. The van der Waals surface area contributed by atoms with Gasteiger partial charge < -0.3 is 10.6 Å². The van der Waals surface area contributed by atoms with Crippen LogP contribution in [0, 0.1) is 18.8 Å². The van der Waals surface area contributed by atoms with Crippen molar-refractivity contribution < 1.29 is 4.79 Å². The number of aryl methyl sites for hydroxylation is 1. The summed E-state index contributed by atoms with van der Waals surface area (Å²) in [5.74, 6) is 1.42. The van der Waals surface area contributed by atoms with Crippen molar-refractivity contribution in [3.05, 3.63) is 35.4 Å². The average molecular weight is 216 g/mol. The fourth-order valence-corrected chi connectivity index (χ4v) is 2.57. The lowest BCUT2D eigenvalue weighted by molar-refractivity contribution is 0.0946. The Labute approximate surface area is 95.2 Å². The Hall–Kier alpha value is -1.35. The molecule has 3 rings (SSSR count). The Kier molecular flexibility index (Phi) is 2.21. The summed E-state index contributed by atoms with van der Waals surface area (Å²) in [6.07, 6.45) is 0. The maximum absolute atomic E-state index is 11.9. The van der Waals surface area contributed by atoms with E-state index in [1.165, 1.54) is 5.56 Å². The monoisotopic (exact) mass is 216 g/mol. The van der Waals surface area contributed by atoms with Crippen LogP contribution in [0.5, 0.6) is 0 Å². The van der Waals surface area contributed by atoms with E-state index in [9.17, 15) is 4.79 Å². The van der Waals surface area contributed by atoms with Gasteiger partial charge in [0.05, 0.1) is 0 Å². The maximum atomic E-state index is 11.9. The van der Waals surface area contributed by atoms with Crippen molar-refractivity contribution in [1.82, 2.24) is 10.6 Å². The molecule has 2 fully saturated rings. The fraction of sp³-hybridized carbons (Fsp3) is 0.462. The van der Waals surface area contributed by atoms with Gasteiger partial charge in [0.15, 0.2) is 0 Å². The number of amides is 1. The summed E-state index contributed by atoms with van der Waals surface area (Å²) in [5.41, 5.74) is 1.95. The third-order valence-corrected chi connectivity index (χ3v) is 3.70. The van der Waals surface area contributed by atoms with Gasteiger partial charge in [-0.25, -0.2) is 0 Å². The molecule has 0 radical (unpaired) electrons. The Morgan fingerprint density at radius 1 is 1.25 bits per heavy atom. The van der Waals surface area contributed by atoms with Crippen LogP contribution in [-0.4, -0.2) is 25.0 Å². The van der Waals surface area contributed by atoms with E-state index in [2.05, 4.69) is 10.6 Å². The molecule has 84 valence electrons. The van der Waals surface area contributed by atoms with Gasteiger partial charge >= 0.3 is 0 Å². The Bertz CT molecular complexity index is 402. The van der Waals surface area contributed by atoms with Crippen molar-refractivity contribution in [1.29, 1.82) is 0 Å². The summed E-state index contributed by atoms with van der Waals surface area (Å²) in [6.45, 7) is 4.14. The number of piperidine rings is 1. The molecule has 0 aromatic heterocycles. The van der Waals surface area contributed by atoms with Gasteiger partial charge in [0.25, 0.3) is 5.91 Å². The van der Waals surface area contributed by atoms with Crippen LogP contribution in [0.15, 0.2) is 24.3 Å². The third-order valence-electron chi connectivity index (χ3n) is 3.70. The normalized spacial score (nSPS) is 30.9. The van der Waals surface area contributed by atoms with Crippen LogP contribution >= 0.6 is 0 Å². The highest BCUT2D eigenvalue weighted by Crippen LogP contribution is 2.41. The van der Waals surface area contributed by atoms with Crippen molar-refractivity contribution in [2.45, 2.75) is 13.0 Å². The molecule has 16 heavy (non-hydrogen) atoms. The molecule has 2 N–H and O–H groups in total. The van der Waals surface area contributed by atoms with Crippen LogP contribution in [-0.2, 0) is 0 Å². The molecule has 1 aliphatic heterocycles. The molecule has 3 atom stereocenters. The predicted octanol–water partition coefficient (Wildman–Crippen LogP) is 0.943. The summed E-state index contributed by atoms with van der Waals surface area (Å²) in [6, 6.07) is 8.14. The summed E-state index contributed by atoms with van der Waals surface area (Å²) >= 11 is 0. The van der Waals surface area contributed by atoms with E-state index in [0.29, 0.717) is 17.9 Å². The Morgan fingerprint density at radius 2 is 1.88 bits per heavy atom. The van der Waals surface area contributed by atoms with Crippen LogP contribution in [0.25, 0.3) is 0 Å². The second-order valence-corrected chi connectivity index (χ2v) is 4.85. The molecule has 1 heterocycles. The molecule has 1 aromatic carbocycles. The van der Waals surface area contributed by atoms with Crippen LogP contribution < -0.4 is 10.6 Å². The summed E-state index contributed by atoms with van der Waals surface area (Å²) in [5, 5.41) is 6.43. The highest BCUT2D eigenvalue weighted by Gasteiger charge is 2.53. The quantitative estimate of drug-likeness (QED) is 0.772. The van der Waals surface area contributed by atoms with Gasteiger partial charge in [-0.15, -0.1) is 0 Å². The molecule has 1 saturated heterocycles. The van der Waals surface area contributed by atoms with E-state index in [1.54, 1.807) is 0 Å². The summed E-state index contributed by atoms with van der Waals surface area (Å²) in [7, 11) is 0. The molecule has 0 spiro atoms. The first-order chi connectivity index (χ1) is 7.75. The number of hydrogen-bond acceptors (Lipinski definition) is 2. The molecule has 2 aliphatic rings. The SMILES string of the molecule is Cc1ccc(C(=O)NC2[C@H]3CNC[C@@H]23)cc1. The smallest absolute Gasteiger partial charge is 0.251 e. The summed E-state index contributed by atoms with van der Waals surface area (Å²) in [4.78, 5) is 11.9. The van der Waals surface area contributed by atoms with E-state index in [1.807, 2.05) is 31.2 Å². The molecule has 1 amide bonds. The number of hydrogen-bond donors (Lipinski definition) is 2. The summed E-state index contributed by atoms with van der Waals surface area (Å²) < 4.78 is 0. The van der Waals surface area contributed by atoms with Crippen molar-refractivity contribution in [2.24, 2.45) is 11.8 Å². The Morgan fingerprint density at radius 3 is 2.50 bits per heavy atom. The molecule has 3 nitrogen and oxygen atoms in total. The van der Waals surface area contributed by atoms with Crippen molar-refractivity contribution in [3.63, 3.8) is 0 Å². The number of benzene rings is 1.